The van der Waals surface area contributed by atoms with Gasteiger partial charge in [-0.2, -0.15) is 5.26 Å². The molecule has 0 amide bonds. The average molecular weight is 526 g/mol. The summed E-state index contributed by atoms with van der Waals surface area (Å²) >= 11 is 2.14. The molecule has 154 valence electrons. The molecule has 7 nitrogen and oxygen atoms in total. The quantitative estimate of drug-likeness (QED) is 0.142. The van der Waals surface area contributed by atoms with Crippen molar-refractivity contribution in [1.82, 2.24) is 0 Å². The molecule has 0 saturated heterocycles. The molecule has 3 aromatic carbocycles. The van der Waals surface area contributed by atoms with E-state index in [-0.39, 0.29) is 17.9 Å². The number of nitro groups is 1. The number of rotatable bonds is 7. The molecule has 0 bridgehead atoms. The lowest BCUT2D eigenvalue weighted by molar-refractivity contribution is -0.384. The number of hydrogen-bond donors (Lipinski definition) is 1. The Morgan fingerprint density at radius 2 is 1.74 bits per heavy atom. The normalized spacial score (nSPS) is 10.9. The van der Waals surface area contributed by atoms with E-state index >= 15 is 0 Å². The van der Waals surface area contributed by atoms with Crippen LogP contribution in [0.4, 0.5) is 5.69 Å². The van der Waals surface area contributed by atoms with Gasteiger partial charge in [-0.15, -0.1) is 0 Å². The van der Waals surface area contributed by atoms with Gasteiger partial charge in [0.05, 0.1) is 25.7 Å². The first-order valence-electron chi connectivity index (χ1n) is 8.98. The van der Waals surface area contributed by atoms with Crippen LogP contribution in [0.25, 0.3) is 11.6 Å². The Morgan fingerprint density at radius 3 is 2.29 bits per heavy atom. The van der Waals surface area contributed by atoms with Gasteiger partial charge in [0.25, 0.3) is 5.69 Å². The van der Waals surface area contributed by atoms with E-state index in [1.54, 1.807) is 36.4 Å². The molecule has 0 spiro atoms. The Balaban J connectivity index is 1.73. The van der Waals surface area contributed by atoms with E-state index in [1.165, 1.54) is 24.3 Å². The van der Waals surface area contributed by atoms with Crippen molar-refractivity contribution in [2.24, 2.45) is 0 Å². The Kier molecular flexibility index (Phi) is 6.99. The van der Waals surface area contributed by atoms with Gasteiger partial charge >= 0.3 is 5.97 Å². The van der Waals surface area contributed by atoms with E-state index in [2.05, 4.69) is 28.7 Å². The molecule has 3 aromatic rings. The van der Waals surface area contributed by atoms with Crippen LogP contribution in [0, 0.1) is 25.0 Å². The number of nitrogens with zero attached hydrogens (tertiary/aromatic N) is 2. The molecule has 0 heterocycles. The molecule has 0 aliphatic carbocycles. The minimum atomic E-state index is -0.976. The smallest absolute Gasteiger partial charge is 0.335 e. The van der Waals surface area contributed by atoms with Crippen molar-refractivity contribution in [3.8, 4) is 11.8 Å². The predicted molar refractivity (Wildman–Crippen MR) is 123 cm³/mol. The highest BCUT2D eigenvalue weighted by Crippen LogP contribution is 2.26. The third-order valence-electron chi connectivity index (χ3n) is 4.37. The van der Waals surface area contributed by atoms with E-state index in [0.29, 0.717) is 16.9 Å². The van der Waals surface area contributed by atoms with E-state index in [1.807, 2.05) is 12.1 Å². The van der Waals surface area contributed by atoms with Gasteiger partial charge in [-0.1, -0.05) is 18.2 Å². The Morgan fingerprint density at radius 1 is 1.10 bits per heavy atom. The topological polar surface area (TPSA) is 113 Å². The first-order valence-corrected chi connectivity index (χ1v) is 10.1. The number of ether oxygens (including phenoxy) is 1. The van der Waals surface area contributed by atoms with Gasteiger partial charge in [-0.3, -0.25) is 10.1 Å². The summed E-state index contributed by atoms with van der Waals surface area (Å²) in [7, 11) is 0. The van der Waals surface area contributed by atoms with Crippen LogP contribution in [0.1, 0.15) is 27.0 Å². The van der Waals surface area contributed by atoms with Crippen LogP contribution in [0.3, 0.4) is 0 Å². The molecule has 0 radical (unpaired) electrons. The van der Waals surface area contributed by atoms with E-state index in [9.17, 15) is 20.2 Å². The second kappa shape index (κ2) is 9.86. The lowest BCUT2D eigenvalue weighted by Crippen LogP contribution is -1.99. The van der Waals surface area contributed by atoms with Gasteiger partial charge in [0, 0.05) is 12.1 Å². The zero-order valence-corrected chi connectivity index (χ0v) is 18.1. The number of hydrogen-bond acceptors (Lipinski definition) is 5. The molecular formula is C23H15IN2O5. The van der Waals surface area contributed by atoms with Crippen LogP contribution in [-0.2, 0) is 6.61 Å². The number of halogens is 1. The number of carboxylic acid groups (broad SMARTS) is 1. The molecule has 0 saturated carbocycles. The average Bonchev–Trinajstić information content (AvgIpc) is 2.77. The van der Waals surface area contributed by atoms with Gasteiger partial charge < -0.3 is 9.84 Å². The molecular weight excluding hydrogens is 511 g/mol. The summed E-state index contributed by atoms with van der Waals surface area (Å²) in [6.07, 6.45) is 1.71. The lowest BCUT2D eigenvalue weighted by Gasteiger charge is -2.09. The monoisotopic (exact) mass is 526 g/mol. The predicted octanol–water partition coefficient (Wildman–Crippen LogP) is 5.54. The van der Waals surface area contributed by atoms with E-state index < -0.39 is 10.9 Å². The number of carboxylic acids is 1. The fourth-order valence-electron chi connectivity index (χ4n) is 2.74. The van der Waals surface area contributed by atoms with Gasteiger partial charge in [0.1, 0.15) is 12.4 Å². The Labute approximate surface area is 191 Å². The van der Waals surface area contributed by atoms with Gasteiger partial charge in [0.2, 0.25) is 0 Å². The molecule has 0 atom stereocenters. The van der Waals surface area contributed by atoms with Gasteiger partial charge in [-0.25, -0.2) is 4.79 Å². The molecule has 0 aromatic heterocycles. The van der Waals surface area contributed by atoms with Crippen molar-refractivity contribution in [1.29, 1.82) is 5.26 Å². The summed E-state index contributed by atoms with van der Waals surface area (Å²) < 4.78 is 6.67. The molecule has 3 rings (SSSR count). The number of non-ortho nitro benzene ring substituents is 1. The number of nitriles is 1. The summed E-state index contributed by atoms with van der Waals surface area (Å²) in [4.78, 5) is 21.2. The van der Waals surface area contributed by atoms with Crippen LogP contribution in [0.15, 0.2) is 66.7 Å². The number of carbonyl (C=O) groups is 1. The van der Waals surface area contributed by atoms with Crippen molar-refractivity contribution >= 4 is 45.9 Å². The summed E-state index contributed by atoms with van der Waals surface area (Å²) in [5.74, 6) is -0.315. The maximum absolute atomic E-state index is 10.9. The second-order valence-corrected chi connectivity index (χ2v) is 7.62. The van der Waals surface area contributed by atoms with Crippen LogP contribution >= 0.6 is 22.6 Å². The largest absolute Gasteiger partial charge is 0.488 e. The molecule has 31 heavy (non-hydrogen) atoms. The molecule has 0 fully saturated rings. The number of aromatic carboxylic acids is 1. The minimum absolute atomic E-state index is 0.0327. The molecule has 0 unspecified atom stereocenters. The standard InChI is InChI=1S/C23H15IN2O5/c24-21-12-16(11-19(13-25)17-6-8-20(9-7-17)26(29)30)3-10-22(21)31-14-15-1-4-18(5-2-15)23(27)28/h1-12H,14H2,(H,27,28)/b19-11-. The summed E-state index contributed by atoms with van der Waals surface area (Å²) in [6, 6.07) is 19.9. The van der Waals surface area contributed by atoms with E-state index in [0.717, 1.165) is 14.7 Å². The maximum atomic E-state index is 10.9. The third-order valence-corrected chi connectivity index (χ3v) is 5.21. The summed E-state index contributed by atoms with van der Waals surface area (Å²) in [5, 5.41) is 29.2. The highest BCUT2D eigenvalue weighted by Gasteiger charge is 2.08. The molecule has 0 aliphatic heterocycles. The van der Waals surface area contributed by atoms with Crippen LogP contribution in [0.5, 0.6) is 5.75 Å². The van der Waals surface area contributed by atoms with Gasteiger partial charge in [0.15, 0.2) is 0 Å². The highest BCUT2D eigenvalue weighted by atomic mass is 127. The lowest BCUT2D eigenvalue weighted by atomic mass is 10.0. The van der Waals surface area contributed by atoms with Crippen molar-refractivity contribution in [2.75, 3.05) is 0 Å². The third kappa shape index (κ3) is 5.67. The molecule has 8 heteroatoms. The van der Waals surface area contributed by atoms with Gasteiger partial charge in [-0.05, 0) is 81.8 Å². The number of benzene rings is 3. The fourth-order valence-corrected chi connectivity index (χ4v) is 3.43. The molecule has 1 N–H and O–H groups in total. The second-order valence-electron chi connectivity index (χ2n) is 6.45. The van der Waals surface area contributed by atoms with Crippen molar-refractivity contribution < 1.29 is 19.6 Å². The Bertz CT molecular complexity index is 1200. The SMILES string of the molecule is N#C/C(=C/c1ccc(OCc2ccc(C(=O)O)cc2)c(I)c1)c1ccc([N+](=O)[O-])cc1. The van der Waals surface area contributed by atoms with Crippen molar-refractivity contribution in [2.45, 2.75) is 6.61 Å². The van der Waals surface area contributed by atoms with Crippen LogP contribution < -0.4 is 4.74 Å². The van der Waals surface area contributed by atoms with Crippen LogP contribution in [-0.4, -0.2) is 16.0 Å². The maximum Gasteiger partial charge on any atom is 0.335 e. The number of allylic oxidation sites excluding steroid dienone is 1. The highest BCUT2D eigenvalue weighted by molar-refractivity contribution is 14.1. The first-order chi connectivity index (χ1) is 14.9. The minimum Gasteiger partial charge on any atom is -0.488 e. The Hall–Kier alpha value is -3.71. The summed E-state index contributed by atoms with van der Waals surface area (Å²) in [5.41, 5.74) is 2.80. The van der Waals surface area contributed by atoms with Crippen molar-refractivity contribution in [3.05, 3.63) is 103 Å². The first kappa shape index (κ1) is 22.0. The zero-order valence-electron chi connectivity index (χ0n) is 16.0. The fraction of sp³-hybridized carbons (Fsp3) is 0.0435. The molecule has 0 aliphatic rings. The van der Waals surface area contributed by atoms with E-state index in [4.69, 9.17) is 9.84 Å². The van der Waals surface area contributed by atoms with Crippen molar-refractivity contribution in [3.63, 3.8) is 0 Å². The zero-order chi connectivity index (χ0) is 22.4. The van der Waals surface area contributed by atoms with Crippen LogP contribution in [0.2, 0.25) is 0 Å². The summed E-state index contributed by atoms with van der Waals surface area (Å²) in [6.45, 7) is 0.289. The number of nitro benzene ring substituents is 1.